The van der Waals surface area contributed by atoms with E-state index in [9.17, 15) is 0 Å². The first kappa shape index (κ1) is 21.8. The monoisotopic (exact) mass is 480 g/mol. The molecule has 1 N–H and O–H groups in total. The fourth-order valence-electron chi connectivity index (χ4n) is 5.84. The SMILES string of the molecule is CC1(C)CCc2ncnc(N3CCOc4ccc(-c5cnc6nc(C7CCC7)[nH]c6c5)cc4C3)c2C1. The lowest BCUT2D eigenvalue weighted by Gasteiger charge is -2.33. The van der Waals surface area contributed by atoms with Gasteiger partial charge in [0.25, 0.3) is 0 Å². The lowest BCUT2D eigenvalue weighted by atomic mass is 9.76. The quantitative estimate of drug-likeness (QED) is 0.411. The van der Waals surface area contributed by atoms with E-state index in [4.69, 9.17) is 14.7 Å². The molecule has 0 saturated heterocycles. The summed E-state index contributed by atoms with van der Waals surface area (Å²) in [5.74, 6) is 3.67. The zero-order chi connectivity index (χ0) is 24.3. The van der Waals surface area contributed by atoms with Crippen LogP contribution in [0.2, 0.25) is 0 Å². The van der Waals surface area contributed by atoms with Crippen molar-refractivity contribution in [2.45, 2.75) is 64.8 Å². The van der Waals surface area contributed by atoms with Crippen molar-refractivity contribution >= 4 is 17.0 Å². The lowest BCUT2D eigenvalue weighted by molar-refractivity contribution is 0.310. The van der Waals surface area contributed by atoms with Crippen molar-refractivity contribution in [3.8, 4) is 16.9 Å². The first-order chi connectivity index (χ1) is 17.5. The normalized spacial score (nSPS) is 19.2. The molecule has 0 spiro atoms. The molecule has 184 valence electrons. The van der Waals surface area contributed by atoms with Gasteiger partial charge in [0.15, 0.2) is 5.65 Å². The molecule has 4 aromatic rings. The molecule has 1 saturated carbocycles. The highest BCUT2D eigenvalue weighted by molar-refractivity contribution is 5.78. The number of H-pyrrole nitrogens is 1. The smallest absolute Gasteiger partial charge is 0.177 e. The van der Waals surface area contributed by atoms with Crippen molar-refractivity contribution in [1.29, 1.82) is 0 Å². The third-order valence-electron chi connectivity index (χ3n) is 8.23. The average Bonchev–Trinajstić information content (AvgIpc) is 3.12. The van der Waals surface area contributed by atoms with Crippen LogP contribution in [0.1, 0.15) is 68.1 Å². The molecule has 1 aromatic carbocycles. The van der Waals surface area contributed by atoms with Crippen LogP contribution in [0.5, 0.6) is 5.75 Å². The van der Waals surface area contributed by atoms with E-state index in [2.05, 4.69) is 58.0 Å². The van der Waals surface area contributed by atoms with Gasteiger partial charge >= 0.3 is 0 Å². The van der Waals surface area contributed by atoms with Crippen LogP contribution in [0.4, 0.5) is 5.82 Å². The Morgan fingerprint density at radius 2 is 2.00 bits per heavy atom. The molecule has 0 atom stereocenters. The maximum Gasteiger partial charge on any atom is 0.177 e. The van der Waals surface area contributed by atoms with E-state index < -0.39 is 0 Å². The molecule has 3 aliphatic rings. The number of nitrogens with one attached hydrogen (secondary N) is 1. The number of anilines is 1. The van der Waals surface area contributed by atoms with Crippen LogP contribution in [0.15, 0.2) is 36.8 Å². The largest absolute Gasteiger partial charge is 0.491 e. The number of fused-ring (bicyclic) bond motifs is 3. The Morgan fingerprint density at radius 3 is 2.86 bits per heavy atom. The number of pyridine rings is 1. The zero-order valence-corrected chi connectivity index (χ0v) is 21.0. The molecular weight excluding hydrogens is 448 g/mol. The van der Waals surface area contributed by atoms with E-state index in [1.165, 1.54) is 42.5 Å². The lowest BCUT2D eigenvalue weighted by Crippen LogP contribution is -2.31. The van der Waals surface area contributed by atoms with E-state index in [0.29, 0.717) is 12.5 Å². The van der Waals surface area contributed by atoms with Gasteiger partial charge in [-0.05, 0) is 61.3 Å². The summed E-state index contributed by atoms with van der Waals surface area (Å²) in [7, 11) is 0. The van der Waals surface area contributed by atoms with Gasteiger partial charge in [0.1, 0.15) is 30.3 Å². The first-order valence-electron chi connectivity index (χ1n) is 13.2. The molecule has 7 rings (SSSR count). The van der Waals surface area contributed by atoms with E-state index in [-0.39, 0.29) is 5.41 Å². The van der Waals surface area contributed by atoms with Crippen molar-refractivity contribution < 1.29 is 4.74 Å². The minimum atomic E-state index is 0.275. The van der Waals surface area contributed by atoms with Crippen LogP contribution in [-0.2, 0) is 19.4 Å². The van der Waals surface area contributed by atoms with E-state index >= 15 is 0 Å². The summed E-state index contributed by atoms with van der Waals surface area (Å²) in [6, 6.07) is 8.66. The minimum absolute atomic E-state index is 0.275. The molecule has 3 aromatic heterocycles. The Labute approximate surface area is 211 Å². The molecule has 0 amide bonds. The molecule has 7 heteroatoms. The van der Waals surface area contributed by atoms with Gasteiger partial charge < -0.3 is 14.6 Å². The van der Waals surface area contributed by atoms with Gasteiger partial charge in [0.2, 0.25) is 0 Å². The second-order valence-electron chi connectivity index (χ2n) is 11.4. The topological polar surface area (TPSA) is 79.8 Å². The predicted octanol–water partition coefficient (Wildman–Crippen LogP) is 5.60. The van der Waals surface area contributed by atoms with E-state index in [1.807, 2.05) is 6.20 Å². The highest BCUT2D eigenvalue weighted by atomic mass is 16.5. The molecule has 0 radical (unpaired) electrons. The van der Waals surface area contributed by atoms with Gasteiger partial charge in [-0.1, -0.05) is 26.3 Å². The van der Waals surface area contributed by atoms with Gasteiger partial charge in [0.05, 0.1) is 12.1 Å². The summed E-state index contributed by atoms with van der Waals surface area (Å²) in [6.45, 7) is 6.90. The average molecular weight is 481 g/mol. The summed E-state index contributed by atoms with van der Waals surface area (Å²) >= 11 is 0. The number of aromatic nitrogens is 5. The van der Waals surface area contributed by atoms with Crippen LogP contribution in [0.3, 0.4) is 0 Å². The van der Waals surface area contributed by atoms with E-state index in [0.717, 1.165) is 65.6 Å². The Morgan fingerprint density at radius 1 is 1.08 bits per heavy atom. The second kappa shape index (κ2) is 8.29. The second-order valence-corrected chi connectivity index (χ2v) is 11.4. The van der Waals surface area contributed by atoms with E-state index in [1.54, 1.807) is 6.33 Å². The number of hydrogen-bond acceptors (Lipinski definition) is 6. The molecule has 1 fully saturated rings. The third-order valence-corrected chi connectivity index (χ3v) is 8.23. The number of nitrogens with zero attached hydrogens (tertiary/aromatic N) is 5. The number of aryl methyl sites for hydroxylation is 1. The summed E-state index contributed by atoms with van der Waals surface area (Å²) in [5.41, 5.74) is 8.01. The fourth-order valence-corrected chi connectivity index (χ4v) is 5.84. The summed E-state index contributed by atoms with van der Waals surface area (Å²) < 4.78 is 6.18. The molecule has 4 heterocycles. The maximum absolute atomic E-state index is 6.18. The van der Waals surface area contributed by atoms with Crippen molar-refractivity contribution in [2.24, 2.45) is 5.41 Å². The van der Waals surface area contributed by atoms with Crippen molar-refractivity contribution in [2.75, 3.05) is 18.1 Å². The number of imidazole rings is 1. The van der Waals surface area contributed by atoms with Crippen LogP contribution >= 0.6 is 0 Å². The van der Waals surface area contributed by atoms with Crippen LogP contribution in [-0.4, -0.2) is 38.1 Å². The van der Waals surface area contributed by atoms with Gasteiger partial charge in [-0.2, -0.15) is 0 Å². The van der Waals surface area contributed by atoms with Crippen LogP contribution in [0, 0.1) is 5.41 Å². The number of aromatic amines is 1. The van der Waals surface area contributed by atoms with Crippen molar-refractivity contribution in [3.05, 3.63) is 59.4 Å². The molecule has 36 heavy (non-hydrogen) atoms. The standard InChI is InChI=1S/C29H32N6O/c1-29(2)9-8-23-22(14-29)28(32-17-31-23)35-10-11-36-25-7-6-19(12-21(25)16-35)20-13-24-27(30-15-20)34-26(33-24)18-4-3-5-18/h6-7,12-13,15,17-18H,3-5,8-11,14,16H2,1-2H3,(H,30,33,34). The Kier molecular flexibility index (Phi) is 5.01. The highest BCUT2D eigenvalue weighted by Gasteiger charge is 2.31. The summed E-state index contributed by atoms with van der Waals surface area (Å²) in [5, 5.41) is 0. The van der Waals surface area contributed by atoms with Gasteiger partial charge in [0, 0.05) is 41.0 Å². The summed E-state index contributed by atoms with van der Waals surface area (Å²) in [4.78, 5) is 24.7. The first-order valence-corrected chi connectivity index (χ1v) is 13.2. The molecule has 0 bridgehead atoms. The molecule has 7 nitrogen and oxygen atoms in total. The molecule has 0 unspecified atom stereocenters. The van der Waals surface area contributed by atoms with Crippen LogP contribution in [0.25, 0.3) is 22.3 Å². The van der Waals surface area contributed by atoms with Crippen LogP contribution < -0.4 is 9.64 Å². The zero-order valence-electron chi connectivity index (χ0n) is 21.0. The molecule has 1 aliphatic heterocycles. The minimum Gasteiger partial charge on any atom is -0.491 e. The Balaban J connectivity index is 1.21. The molecule has 2 aliphatic carbocycles. The fraction of sp³-hybridized carbons (Fsp3) is 0.448. The maximum atomic E-state index is 6.18. The number of benzene rings is 1. The van der Waals surface area contributed by atoms with Gasteiger partial charge in [-0.15, -0.1) is 0 Å². The highest BCUT2D eigenvalue weighted by Crippen LogP contribution is 2.39. The van der Waals surface area contributed by atoms with Gasteiger partial charge in [-0.25, -0.2) is 19.9 Å². The van der Waals surface area contributed by atoms with Gasteiger partial charge in [-0.3, -0.25) is 0 Å². The Bertz CT molecular complexity index is 1450. The number of rotatable bonds is 3. The predicted molar refractivity (Wildman–Crippen MR) is 140 cm³/mol. The Hall–Kier alpha value is -3.48. The summed E-state index contributed by atoms with van der Waals surface area (Å²) in [6.07, 6.45) is 10.6. The number of ether oxygens (including phenoxy) is 1. The molecular formula is C29H32N6O. The van der Waals surface area contributed by atoms with Crippen molar-refractivity contribution in [3.63, 3.8) is 0 Å². The number of hydrogen-bond donors (Lipinski definition) is 1. The van der Waals surface area contributed by atoms with Crippen molar-refractivity contribution in [1.82, 2.24) is 24.9 Å². The third kappa shape index (κ3) is 3.81.